The summed E-state index contributed by atoms with van der Waals surface area (Å²) in [6.07, 6.45) is 2.39. The fourth-order valence-electron chi connectivity index (χ4n) is 3.36. The Bertz CT molecular complexity index is 1000. The number of aromatic nitrogens is 3. The summed E-state index contributed by atoms with van der Waals surface area (Å²) >= 11 is 0. The highest BCUT2D eigenvalue weighted by Gasteiger charge is 2.46. The van der Waals surface area contributed by atoms with E-state index >= 15 is 0 Å². The third-order valence-electron chi connectivity index (χ3n) is 5.04. The van der Waals surface area contributed by atoms with Gasteiger partial charge in [0.2, 0.25) is 13.2 Å². The number of ether oxygens (including phenoxy) is 1. The van der Waals surface area contributed by atoms with E-state index in [0.717, 1.165) is 17.3 Å². The van der Waals surface area contributed by atoms with Gasteiger partial charge < -0.3 is 19.4 Å². The molecule has 2 aromatic heterocycles. The summed E-state index contributed by atoms with van der Waals surface area (Å²) < 4.78 is 25.2. The molecule has 0 spiro atoms. The SMILES string of the molecule is Cc1[nH]c(C(COc2cnc3ccccc3c2)P2(=O)OCCC2C)nc1O. The summed E-state index contributed by atoms with van der Waals surface area (Å²) in [5.41, 5.74) is 0.740. The van der Waals surface area contributed by atoms with Crippen LogP contribution in [0.25, 0.3) is 10.9 Å². The zero-order chi connectivity index (χ0) is 19.0. The molecule has 1 fully saturated rings. The molecule has 142 valence electrons. The molecule has 1 aromatic carbocycles. The number of aromatic hydroxyl groups is 1. The van der Waals surface area contributed by atoms with E-state index in [1.165, 1.54) is 0 Å². The minimum absolute atomic E-state index is 0.0895. The minimum atomic E-state index is -3.03. The number of pyridine rings is 1. The molecular weight excluding hydrogens is 365 g/mol. The number of nitrogens with one attached hydrogen (secondary N) is 1. The summed E-state index contributed by atoms with van der Waals surface area (Å²) in [7, 11) is -3.03. The average Bonchev–Trinajstić information content (AvgIpc) is 3.17. The Labute approximate surface area is 157 Å². The number of fused-ring (bicyclic) bond motifs is 1. The second kappa shape index (κ2) is 6.98. The van der Waals surface area contributed by atoms with Gasteiger partial charge in [-0.3, -0.25) is 9.55 Å². The Hall–Kier alpha value is -2.37. The molecule has 0 saturated carbocycles. The van der Waals surface area contributed by atoms with Crippen LogP contribution in [-0.2, 0) is 9.09 Å². The predicted octanol–water partition coefficient (Wildman–Crippen LogP) is 4.18. The third-order valence-corrected chi connectivity index (χ3v) is 8.38. The molecule has 27 heavy (non-hydrogen) atoms. The van der Waals surface area contributed by atoms with Crippen molar-refractivity contribution in [3.63, 3.8) is 0 Å². The second-order valence-corrected chi connectivity index (χ2v) is 9.93. The predicted molar refractivity (Wildman–Crippen MR) is 103 cm³/mol. The molecule has 0 bridgehead atoms. The molecule has 1 aliphatic heterocycles. The van der Waals surface area contributed by atoms with Gasteiger partial charge in [0, 0.05) is 11.0 Å². The molecule has 0 aliphatic carbocycles. The van der Waals surface area contributed by atoms with E-state index < -0.39 is 13.0 Å². The molecule has 0 radical (unpaired) electrons. The zero-order valence-electron chi connectivity index (χ0n) is 15.3. The number of hydrogen-bond donors (Lipinski definition) is 2. The van der Waals surface area contributed by atoms with Crippen LogP contribution < -0.4 is 4.74 Å². The van der Waals surface area contributed by atoms with Crippen molar-refractivity contribution in [1.29, 1.82) is 0 Å². The van der Waals surface area contributed by atoms with Gasteiger partial charge in [0.15, 0.2) is 0 Å². The Morgan fingerprint density at radius 2 is 2.26 bits per heavy atom. The van der Waals surface area contributed by atoms with E-state index in [9.17, 15) is 9.67 Å². The van der Waals surface area contributed by atoms with Crippen LogP contribution in [0.4, 0.5) is 0 Å². The third kappa shape index (κ3) is 3.33. The van der Waals surface area contributed by atoms with Crippen molar-refractivity contribution >= 4 is 18.3 Å². The molecule has 7 nitrogen and oxygen atoms in total. The maximum absolute atomic E-state index is 13.5. The largest absolute Gasteiger partial charge is 0.492 e. The molecule has 1 aliphatic rings. The first-order valence-electron chi connectivity index (χ1n) is 8.94. The van der Waals surface area contributed by atoms with Crippen molar-refractivity contribution in [3.05, 3.63) is 48.0 Å². The Balaban J connectivity index is 1.63. The fraction of sp³-hybridized carbons (Fsp3) is 0.368. The van der Waals surface area contributed by atoms with Gasteiger partial charge in [-0.05, 0) is 25.5 Å². The zero-order valence-corrected chi connectivity index (χ0v) is 16.1. The lowest BCUT2D eigenvalue weighted by Gasteiger charge is -2.25. The number of aryl methyl sites for hydroxylation is 1. The first kappa shape index (κ1) is 18.0. The van der Waals surface area contributed by atoms with Crippen LogP contribution in [0.15, 0.2) is 36.5 Å². The maximum atomic E-state index is 13.5. The first-order chi connectivity index (χ1) is 13.0. The van der Waals surface area contributed by atoms with Crippen molar-refractivity contribution in [2.75, 3.05) is 13.2 Å². The topological polar surface area (TPSA) is 97.3 Å². The molecule has 3 atom stereocenters. The van der Waals surface area contributed by atoms with Gasteiger partial charge in [0.05, 0.1) is 24.0 Å². The average molecular weight is 387 g/mol. The van der Waals surface area contributed by atoms with Crippen LogP contribution >= 0.6 is 7.37 Å². The van der Waals surface area contributed by atoms with Crippen LogP contribution in [0.5, 0.6) is 11.6 Å². The van der Waals surface area contributed by atoms with E-state index in [2.05, 4.69) is 15.0 Å². The standard InChI is InChI=1S/C19H22N3O4P/c1-12-7-8-26-27(12,24)17(18-21-13(2)19(23)22-18)11-25-15-9-14-5-3-4-6-16(14)20-10-15/h3-6,9-10,12,17,23H,7-8,11H2,1-2H3,(H,21,22). The lowest BCUT2D eigenvalue weighted by molar-refractivity contribution is 0.287. The summed E-state index contributed by atoms with van der Waals surface area (Å²) in [5.74, 6) is 0.918. The lowest BCUT2D eigenvalue weighted by Crippen LogP contribution is -2.16. The molecule has 0 amide bonds. The van der Waals surface area contributed by atoms with Crippen LogP contribution in [0, 0.1) is 6.92 Å². The highest BCUT2D eigenvalue weighted by Crippen LogP contribution is 2.67. The molecule has 3 aromatic rings. The highest BCUT2D eigenvalue weighted by molar-refractivity contribution is 7.60. The monoisotopic (exact) mass is 387 g/mol. The fourth-order valence-corrected chi connectivity index (χ4v) is 6.01. The number of imidazole rings is 1. The number of rotatable bonds is 5. The van der Waals surface area contributed by atoms with Crippen LogP contribution in [0.1, 0.15) is 30.5 Å². The van der Waals surface area contributed by atoms with Gasteiger partial charge in [-0.25, -0.2) is 0 Å². The van der Waals surface area contributed by atoms with Crippen LogP contribution in [-0.4, -0.2) is 38.9 Å². The number of hydrogen-bond acceptors (Lipinski definition) is 6. The van der Waals surface area contributed by atoms with Gasteiger partial charge in [-0.2, -0.15) is 4.98 Å². The van der Waals surface area contributed by atoms with Gasteiger partial charge in [-0.1, -0.05) is 25.1 Å². The summed E-state index contributed by atoms with van der Waals surface area (Å²) in [6.45, 7) is 4.21. The molecule has 1 saturated heterocycles. The van der Waals surface area contributed by atoms with E-state index in [0.29, 0.717) is 23.9 Å². The van der Waals surface area contributed by atoms with Gasteiger partial charge in [0.1, 0.15) is 23.8 Å². The molecule has 3 unspecified atom stereocenters. The van der Waals surface area contributed by atoms with Crippen LogP contribution in [0.3, 0.4) is 0 Å². The normalized spacial score (nSPS) is 23.6. The minimum Gasteiger partial charge on any atom is -0.492 e. The molecular formula is C19H22N3O4P. The summed E-state index contributed by atoms with van der Waals surface area (Å²) in [6, 6.07) is 9.67. The lowest BCUT2D eigenvalue weighted by atomic mass is 10.2. The first-order valence-corrected chi connectivity index (χ1v) is 10.7. The number of nitrogens with zero attached hydrogens (tertiary/aromatic N) is 2. The van der Waals surface area contributed by atoms with Crippen molar-refractivity contribution in [2.24, 2.45) is 0 Å². The van der Waals surface area contributed by atoms with E-state index in [4.69, 9.17) is 9.26 Å². The van der Waals surface area contributed by atoms with Crippen molar-refractivity contribution in [1.82, 2.24) is 15.0 Å². The van der Waals surface area contributed by atoms with Gasteiger partial charge in [0.25, 0.3) is 0 Å². The Kier molecular flexibility index (Phi) is 4.66. The quantitative estimate of drug-likeness (QED) is 0.638. The molecule has 3 heterocycles. The number of para-hydroxylation sites is 1. The number of H-pyrrole nitrogens is 1. The molecule has 4 rings (SSSR count). The smallest absolute Gasteiger partial charge is 0.232 e. The Morgan fingerprint density at radius 3 is 2.96 bits per heavy atom. The van der Waals surface area contributed by atoms with E-state index in [1.807, 2.05) is 37.3 Å². The maximum Gasteiger partial charge on any atom is 0.232 e. The highest BCUT2D eigenvalue weighted by atomic mass is 31.2. The summed E-state index contributed by atoms with van der Waals surface area (Å²) in [4.78, 5) is 11.6. The summed E-state index contributed by atoms with van der Waals surface area (Å²) in [5, 5.41) is 10.8. The Morgan fingerprint density at radius 1 is 1.44 bits per heavy atom. The van der Waals surface area contributed by atoms with E-state index in [1.54, 1.807) is 13.1 Å². The molecule has 2 N–H and O–H groups in total. The van der Waals surface area contributed by atoms with Gasteiger partial charge >= 0.3 is 0 Å². The number of aromatic amines is 1. The van der Waals surface area contributed by atoms with Crippen molar-refractivity contribution in [3.8, 4) is 11.6 Å². The van der Waals surface area contributed by atoms with Crippen LogP contribution in [0.2, 0.25) is 0 Å². The van der Waals surface area contributed by atoms with Crippen molar-refractivity contribution < 1.29 is 18.9 Å². The van der Waals surface area contributed by atoms with E-state index in [-0.39, 0.29) is 18.1 Å². The number of benzene rings is 1. The van der Waals surface area contributed by atoms with Crippen molar-refractivity contribution in [2.45, 2.75) is 31.6 Å². The second-order valence-electron chi connectivity index (χ2n) is 6.88. The van der Waals surface area contributed by atoms with Gasteiger partial charge in [-0.15, -0.1) is 0 Å². The molecule has 8 heteroatoms.